The maximum Gasteiger partial charge on any atom is 0.256 e. The molecule has 0 aliphatic heterocycles. The Kier molecular flexibility index (Phi) is 4.30. The molecular formula is C10H18N4O2. The number of nitrogens with one attached hydrogen (secondary N) is 1. The standard InChI is InChI=1S/C10H18N4O2/c1-4-16-7(2)5-12-10(15)8-6-13-14(3)9(8)11/h6-7H,4-5,11H2,1-3H3,(H,12,15). The van der Waals surface area contributed by atoms with Gasteiger partial charge in [0.05, 0.1) is 12.3 Å². The molecule has 0 spiro atoms. The minimum absolute atomic E-state index is 0.00755. The molecule has 3 N–H and O–H groups in total. The van der Waals surface area contributed by atoms with E-state index in [1.807, 2.05) is 13.8 Å². The summed E-state index contributed by atoms with van der Waals surface area (Å²) < 4.78 is 6.76. The zero-order chi connectivity index (χ0) is 12.1. The second-order valence-corrected chi connectivity index (χ2v) is 3.54. The van der Waals surface area contributed by atoms with Gasteiger partial charge in [-0.05, 0) is 13.8 Å². The number of carbonyl (C=O) groups is 1. The molecule has 6 heteroatoms. The molecule has 90 valence electrons. The maximum atomic E-state index is 11.7. The number of anilines is 1. The van der Waals surface area contributed by atoms with Crippen LogP contribution in [0.3, 0.4) is 0 Å². The van der Waals surface area contributed by atoms with Crippen molar-refractivity contribution in [2.45, 2.75) is 20.0 Å². The summed E-state index contributed by atoms with van der Waals surface area (Å²) in [5.41, 5.74) is 6.07. The number of rotatable bonds is 5. The van der Waals surface area contributed by atoms with Crippen molar-refractivity contribution >= 4 is 11.7 Å². The van der Waals surface area contributed by atoms with E-state index < -0.39 is 0 Å². The van der Waals surface area contributed by atoms with Crippen LogP contribution in [0.5, 0.6) is 0 Å². The van der Waals surface area contributed by atoms with E-state index in [1.165, 1.54) is 10.9 Å². The molecule has 1 unspecified atom stereocenters. The van der Waals surface area contributed by atoms with Gasteiger partial charge in [0.1, 0.15) is 11.4 Å². The Bertz CT molecular complexity index is 362. The Morgan fingerprint density at radius 2 is 2.44 bits per heavy atom. The molecule has 1 aromatic rings. The number of ether oxygens (including phenoxy) is 1. The van der Waals surface area contributed by atoms with Gasteiger partial charge >= 0.3 is 0 Å². The van der Waals surface area contributed by atoms with E-state index in [4.69, 9.17) is 10.5 Å². The van der Waals surface area contributed by atoms with Gasteiger partial charge in [-0.3, -0.25) is 9.48 Å². The van der Waals surface area contributed by atoms with Crippen molar-refractivity contribution in [1.82, 2.24) is 15.1 Å². The average Bonchev–Trinajstić information content (AvgIpc) is 2.57. The molecule has 0 aliphatic rings. The number of nitrogens with two attached hydrogens (primary N) is 1. The zero-order valence-electron chi connectivity index (χ0n) is 9.86. The Hall–Kier alpha value is -1.56. The van der Waals surface area contributed by atoms with Crippen LogP contribution in [0.2, 0.25) is 0 Å². The first-order chi connectivity index (χ1) is 7.56. The van der Waals surface area contributed by atoms with Crippen LogP contribution in [0.25, 0.3) is 0 Å². The zero-order valence-corrected chi connectivity index (χ0v) is 9.86. The largest absolute Gasteiger partial charge is 0.383 e. The van der Waals surface area contributed by atoms with Crippen LogP contribution in [-0.2, 0) is 11.8 Å². The number of amides is 1. The van der Waals surface area contributed by atoms with Gasteiger partial charge < -0.3 is 15.8 Å². The van der Waals surface area contributed by atoms with E-state index in [2.05, 4.69) is 10.4 Å². The number of aryl methyl sites for hydroxylation is 1. The van der Waals surface area contributed by atoms with Crippen molar-refractivity contribution in [1.29, 1.82) is 0 Å². The maximum absolute atomic E-state index is 11.7. The Balaban J connectivity index is 2.50. The minimum Gasteiger partial charge on any atom is -0.383 e. The van der Waals surface area contributed by atoms with E-state index in [-0.39, 0.29) is 12.0 Å². The second kappa shape index (κ2) is 5.50. The molecule has 1 amide bonds. The Morgan fingerprint density at radius 3 is 2.94 bits per heavy atom. The lowest BCUT2D eigenvalue weighted by atomic mass is 10.3. The molecule has 0 fully saturated rings. The van der Waals surface area contributed by atoms with Crippen LogP contribution in [0.4, 0.5) is 5.82 Å². The van der Waals surface area contributed by atoms with Crippen molar-refractivity contribution in [3.05, 3.63) is 11.8 Å². The van der Waals surface area contributed by atoms with Gasteiger partial charge in [-0.25, -0.2) is 0 Å². The topological polar surface area (TPSA) is 82.2 Å². The number of carbonyl (C=O) groups excluding carboxylic acids is 1. The average molecular weight is 226 g/mol. The van der Waals surface area contributed by atoms with Crippen LogP contribution < -0.4 is 11.1 Å². The molecule has 0 saturated carbocycles. The van der Waals surface area contributed by atoms with E-state index in [0.717, 1.165) is 0 Å². The summed E-state index contributed by atoms with van der Waals surface area (Å²) >= 11 is 0. The monoisotopic (exact) mass is 226 g/mol. The van der Waals surface area contributed by atoms with Crippen molar-refractivity contribution in [3.63, 3.8) is 0 Å². The number of nitrogens with zero attached hydrogens (tertiary/aromatic N) is 2. The molecule has 0 radical (unpaired) electrons. The Labute approximate surface area is 94.8 Å². The molecule has 1 rings (SSSR count). The van der Waals surface area contributed by atoms with Crippen molar-refractivity contribution < 1.29 is 9.53 Å². The van der Waals surface area contributed by atoms with Gasteiger partial charge in [0.25, 0.3) is 5.91 Å². The summed E-state index contributed by atoms with van der Waals surface area (Å²) in [6.45, 7) is 4.90. The fourth-order valence-corrected chi connectivity index (χ4v) is 1.30. The molecule has 0 aromatic carbocycles. The van der Waals surface area contributed by atoms with E-state index in [0.29, 0.717) is 24.5 Å². The van der Waals surface area contributed by atoms with Crippen LogP contribution in [0.15, 0.2) is 6.20 Å². The lowest BCUT2D eigenvalue weighted by Gasteiger charge is -2.12. The second-order valence-electron chi connectivity index (χ2n) is 3.54. The molecule has 0 saturated heterocycles. The third-order valence-electron chi connectivity index (χ3n) is 2.23. The van der Waals surface area contributed by atoms with E-state index in [1.54, 1.807) is 7.05 Å². The highest BCUT2D eigenvalue weighted by Crippen LogP contribution is 2.08. The first kappa shape index (κ1) is 12.5. The van der Waals surface area contributed by atoms with Crippen molar-refractivity contribution in [2.24, 2.45) is 7.05 Å². The van der Waals surface area contributed by atoms with Gasteiger partial charge in [-0.1, -0.05) is 0 Å². The molecule has 0 aliphatic carbocycles. The highest BCUT2D eigenvalue weighted by Gasteiger charge is 2.13. The molecule has 0 bridgehead atoms. The highest BCUT2D eigenvalue weighted by atomic mass is 16.5. The van der Waals surface area contributed by atoms with Crippen LogP contribution in [0, 0.1) is 0 Å². The minimum atomic E-state index is -0.225. The molecule has 6 nitrogen and oxygen atoms in total. The first-order valence-corrected chi connectivity index (χ1v) is 5.23. The molecular weight excluding hydrogens is 208 g/mol. The fourth-order valence-electron chi connectivity index (χ4n) is 1.30. The number of hydrogen-bond acceptors (Lipinski definition) is 4. The Morgan fingerprint density at radius 1 is 1.75 bits per heavy atom. The lowest BCUT2D eigenvalue weighted by molar-refractivity contribution is 0.0695. The summed E-state index contributed by atoms with van der Waals surface area (Å²) in [7, 11) is 1.69. The summed E-state index contributed by atoms with van der Waals surface area (Å²) in [5.74, 6) is 0.138. The third kappa shape index (κ3) is 2.96. The highest BCUT2D eigenvalue weighted by molar-refractivity contribution is 5.98. The van der Waals surface area contributed by atoms with Gasteiger partial charge in [-0.2, -0.15) is 5.10 Å². The van der Waals surface area contributed by atoms with Crippen molar-refractivity contribution in [2.75, 3.05) is 18.9 Å². The van der Waals surface area contributed by atoms with Gasteiger partial charge in [0.2, 0.25) is 0 Å². The van der Waals surface area contributed by atoms with Crippen LogP contribution in [-0.4, -0.2) is 34.9 Å². The smallest absolute Gasteiger partial charge is 0.256 e. The van der Waals surface area contributed by atoms with E-state index in [9.17, 15) is 4.79 Å². The van der Waals surface area contributed by atoms with Crippen LogP contribution >= 0.6 is 0 Å². The SMILES string of the molecule is CCOC(C)CNC(=O)c1cnn(C)c1N. The lowest BCUT2D eigenvalue weighted by Crippen LogP contribution is -2.32. The van der Waals surface area contributed by atoms with Crippen molar-refractivity contribution in [3.8, 4) is 0 Å². The predicted molar refractivity (Wildman–Crippen MR) is 61.0 cm³/mol. The molecule has 1 heterocycles. The van der Waals surface area contributed by atoms with Gasteiger partial charge in [0.15, 0.2) is 0 Å². The summed E-state index contributed by atoms with van der Waals surface area (Å²) in [6, 6.07) is 0. The van der Waals surface area contributed by atoms with Gasteiger partial charge in [-0.15, -0.1) is 0 Å². The number of hydrogen-bond donors (Lipinski definition) is 2. The quantitative estimate of drug-likeness (QED) is 0.749. The summed E-state index contributed by atoms with van der Waals surface area (Å²) in [6.07, 6.45) is 1.45. The summed E-state index contributed by atoms with van der Waals surface area (Å²) in [5, 5.41) is 6.64. The van der Waals surface area contributed by atoms with Crippen LogP contribution in [0.1, 0.15) is 24.2 Å². The van der Waals surface area contributed by atoms with Gasteiger partial charge in [0, 0.05) is 20.2 Å². The van der Waals surface area contributed by atoms with E-state index >= 15 is 0 Å². The summed E-state index contributed by atoms with van der Waals surface area (Å²) in [4.78, 5) is 11.7. The third-order valence-corrected chi connectivity index (χ3v) is 2.23. The first-order valence-electron chi connectivity index (χ1n) is 5.23. The molecule has 1 atom stereocenters. The molecule has 1 aromatic heterocycles. The predicted octanol–water partition coefficient (Wildman–Crippen LogP) is 0.157. The number of nitrogen functional groups attached to an aromatic ring is 1. The normalized spacial score (nSPS) is 12.4. The number of aromatic nitrogens is 2. The molecule has 16 heavy (non-hydrogen) atoms. The fraction of sp³-hybridized carbons (Fsp3) is 0.600.